The second-order valence-corrected chi connectivity index (χ2v) is 7.08. The molecule has 23 heavy (non-hydrogen) atoms. The second kappa shape index (κ2) is 5.69. The van der Waals surface area contributed by atoms with Crippen LogP contribution in [-0.2, 0) is 4.79 Å². The van der Waals surface area contributed by atoms with Gasteiger partial charge in [-0.25, -0.2) is 0 Å². The Morgan fingerprint density at radius 2 is 1.78 bits per heavy atom. The largest absolute Gasteiger partial charge is 0.508 e. The summed E-state index contributed by atoms with van der Waals surface area (Å²) in [4.78, 5) is 12.4. The van der Waals surface area contributed by atoms with Crippen molar-refractivity contribution >= 4 is 55.1 Å². The minimum atomic E-state index is -0.230. The molecular formula is C17H13Br2NO3. The van der Waals surface area contributed by atoms with Crippen molar-refractivity contribution in [3.05, 3.63) is 49.4 Å². The number of benzene rings is 2. The average Bonchev–Trinajstić information content (AvgIpc) is 2.83. The maximum Gasteiger partial charge on any atom is 0.256 e. The van der Waals surface area contributed by atoms with Gasteiger partial charge in [0.15, 0.2) is 0 Å². The highest BCUT2D eigenvalue weighted by atomic mass is 79.9. The molecule has 0 aliphatic carbocycles. The summed E-state index contributed by atoms with van der Waals surface area (Å²) < 4.78 is 1.67. The molecule has 1 heterocycles. The Balaban J connectivity index is 2.24. The molecule has 2 aromatic rings. The van der Waals surface area contributed by atoms with Crippen LogP contribution in [-0.4, -0.2) is 16.1 Å². The zero-order valence-electron chi connectivity index (χ0n) is 12.4. The molecule has 0 saturated heterocycles. The molecule has 1 amide bonds. The van der Waals surface area contributed by atoms with E-state index in [2.05, 4.69) is 37.2 Å². The molecule has 3 rings (SSSR count). The fourth-order valence-electron chi connectivity index (χ4n) is 2.59. The molecule has 0 atom stereocenters. The number of hydrogen-bond donors (Lipinski definition) is 3. The van der Waals surface area contributed by atoms with Crippen molar-refractivity contribution in [2.24, 2.45) is 0 Å². The van der Waals surface area contributed by atoms with Gasteiger partial charge in [0, 0.05) is 25.6 Å². The van der Waals surface area contributed by atoms with Gasteiger partial charge in [-0.15, -0.1) is 0 Å². The van der Waals surface area contributed by atoms with Crippen LogP contribution in [0.15, 0.2) is 27.1 Å². The Morgan fingerprint density at radius 3 is 2.48 bits per heavy atom. The fourth-order valence-corrected chi connectivity index (χ4v) is 3.85. The normalized spacial score (nSPS) is 15.0. The first-order valence-corrected chi connectivity index (χ1v) is 8.43. The van der Waals surface area contributed by atoms with Crippen LogP contribution in [0.3, 0.4) is 0 Å². The molecule has 1 aliphatic rings. The van der Waals surface area contributed by atoms with Crippen molar-refractivity contribution in [3.8, 4) is 11.5 Å². The molecule has 0 unspecified atom stereocenters. The molecule has 6 heteroatoms. The first-order chi connectivity index (χ1) is 10.8. The number of halogens is 2. The summed E-state index contributed by atoms with van der Waals surface area (Å²) in [6.45, 7) is 3.54. The number of amides is 1. The van der Waals surface area contributed by atoms with E-state index in [4.69, 9.17) is 0 Å². The van der Waals surface area contributed by atoms with E-state index in [0.29, 0.717) is 16.7 Å². The molecule has 4 nitrogen and oxygen atoms in total. The minimum absolute atomic E-state index is 0.0163. The van der Waals surface area contributed by atoms with Gasteiger partial charge < -0.3 is 15.5 Å². The van der Waals surface area contributed by atoms with Crippen molar-refractivity contribution < 1.29 is 15.0 Å². The van der Waals surface area contributed by atoms with E-state index in [0.717, 1.165) is 25.8 Å². The highest BCUT2D eigenvalue weighted by molar-refractivity contribution is 9.11. The summed E-state index contributed by atoms with van der Waals surface area (Å²) in [5, 5.41) is 22.7. The molecule has 1 aliphatic heterocycles. The standard InChI is InChI=1S/C17H13Br2NO3/c1-7-11(18)6-12(19)15-14(7)10(17(23)20-15)5-9-3-4-13(21)8(2)16(9)22/h3-6,21-22H,1-2H3,(H,20,23). The minimum Gasteiger partial charge on any atom is -0.508 e. The van der Waals surface area contributed by atoms with Crippen molar-refractivity contribution in [3.63, 3.8) is 0 Å². The van der Waals surface area contributed by atoms with Crippen molar-refractivity contribution in [1.29, 1.82) is 0 Å². The lowest BCUT2D eigenvalue weighted by Crippen LogP contribution is -2.03. The molecule has 0 aromatic heterocycles. The molecule has 3 N–H and O–H groups in total. The first-order valence-electron chi connectivity index (χ1n) is 6.84. The monoisotopic (exact) mass is 437 g/mol. The lowest BCUT2D eigenvalue weighted by Gasteiger charge is -2.09. The zero-order chi connectivity index (χ0) is 16.9. The molecule has 2 aromatic carbocycles. The third-order valence-electron chi connectivity index (χ3n) is 3.96. The number of phenols is 2. The summed E-state index contributed by atoms with van der Waals surface area (Å²) in [5.41, 5.74) is 3.78. The summed E-state index contributed by atoms with van der Waals surface area (Å²) >= 11 is 6.94. The van der Waals surface area contributed by atoms with Crippen molar-refractivity contribution in [2.45, 2.75) is 13.8 Å². The van der Waals surface area contributed by atoms with Crippen LogP contribution in [0.25, 0.3) is 11.6 Å². The van der Waals surface area contributed by atoms with E-state index in [1.165, 1.54) is 6.07 Å². The predicted molar refractivity (Wildman–Crippen MR) is 97.6 cm³/mol. The van der Waals surface area contributed by atoms with Crippen molar-refractivity contribution in [1.82, 2.24) is 0 Å². The number of carbonyl (C=O) groups is 1. The molecule has 0 spiro atoms. The van der Waals surface area contributed by atoms with Crippen LogP contribution >= 0.6 is 31.9 Å². The molecule has 0 bridgehead atoms. The van der Waals surface area contributed by atoms with Gasteiger partial charge in [-0.3, -0.25) is 4.79 Å². The molecule has 0 fully saturated rings. The Bertz CT molecular complexity index is 888. The molecule has 0 radical (unpaired) electrons. The van der Waals surface area contributed by atoms with E-state index in [1.807, 2.05) is 13.0 Å². The van der Waals surface area contributed by atoms with E-state index >= 15 is 0 Å². The number of rotatable bonds is 1. The van der Waals surface area contributed by atoms with Crippen LogP contribution < -0.4 is 5.32 Å². The van der Waals surface area contributed by atoms with Gasteiger partial charge in [-0.05, 0) is 59.6 Å². The van der Waals surface area contributed by atoms with Crippen LogP contribution in [0.2, 0.25) is 0 Å². The van der Waals surface area contributed by atoms with Gasteiger partial charge in [0.25, 0.3) is 5.91 Å². The third-order valence-corrected chi connectivity index (χ3v) is 5.41. The quantitative estimate of drug-likeness (QED) is 0.563. The summed E-state index contributed by atoms with van der Waals surface area (Å²) in [6, 6.07) is 4.97. The average molecular weight is 439 g/mol. The highest BCUT2D eigenvalue weighted by Gasteiger charge is 2.29. The number of carbonyl (C=O) groups excluding carboxylic acids is 1. The Morgan fingerprint density at radius 1 is 1.09 bits per heavy atom. The van der Waals surface area contributed by atoms with E-state index in [-0.39, 0.29) is 17.4 Å². The van der Waals surface area contributed by atoms with E-state index in [1.54, 1.807) is 19.1 Å². The summed E-state index contributed by atoms with van der Waals surface area (Å²) in [6.07, 6.45) is 1.63. The zero-order valence-corrected chi connectivity index (χ0v) is 15.5. The van der Waals surface area contributed by atoms with Crippen LogP contribution in [0.5, 0.6) is 11.5 Å². The topological polar surface area (TPSA) is 69.6 Å². The molecule has 118 valence electrons. The number of anilines is 1. The third kappa shape index (κ3) is 2.56. The second-order valence-electron chi connectivity index (χ2n) is 5.37. The lowest BCUT2D eigenvalue weighted by molar-refractivity contribution is -0.110. The SMILES string of the molecule is Cc1c(O)ccc(C=C2C(=O)Nc3c(Br)cc(Br)c(C)c32)c1O. The number of hydrogen-bond acceptors (Lipinski definition) is 3. The van der Waals surface area contributed by atoms with Gasteiger partial charge >= 0.3 is 0 Å². The molecule has 0 saturated carbocycles. The summed E-state index contributed by atoms with van der Waals surface area (Å²) in [5.74, 6) is -0.250. The van der Waals surface area contributed by atoms with Crippen LogP contribution in [0.1, 0.15) is 22.3 Å². The van der Waals surface area contributed by atoms with Crippen LogP contribution in [0.4, 0.5) is 5.69 Å². The van der Waals surface area contributed by atoms with Gasteiger partial charge in [-0.1, -0.05) is 15.9 Å². The maximum atomic E-state index is 12.4. The lowest BCUT2D eigenvalue weighted by atomic mass is 9.98. The fraction of sp³-hybridized carbons (Fsp3) is 0.118. The smallest absolute Gasteiger partial charge is 0.256 e. The molecular weight excluding hydrogens is 426 g/mol. The van der Waals surface area contributed by atoms with Gasteiger partial charge in [-0.2, -0.15) is 0 Å². The van der Waals surface area contributed by atoms with E-state index in [9.17, 15) is 15.0 Å². The number of phenolic OH excluding ortho intramolecular Hbond substituents is 2. The number of fused-ring (bicyclic) bond motifs is 1. The first kappa shape index (κ1) is 16.1. The Hall–Kier alpha value is -1.79. The Kier molecular flexibility index (Phi) is 3.98. The predicted octanol–water partition coefficient (Wildman–Crippen LogP) is 4.73. The van der Waals surface area contributed by atoms with Gasteiger partial charge in [0.1, 0.15) is 11.5 Å². The highest BCUT2D eigenvalue weighted by Crippen LogP contribution is 2.44. The van der Waals surface area contributed by atoms with Gasteiger partial charge in [0.2, 0.25) is 0 Å². The Labute approximate surface area is 150 Å². The van der Waals surface area contributed by atoms with Crippen molar-refractivity contribution in [2.75, 3.05) is 5.32 Å². The maximum absolute atomic E-state index is 12.4. The number of nitrogens with one attached hydrogen (secondary N) is 1. The number of aromatic hydroxyl groups is 2. The van der Waals surface area contributed by atoms with Gasteiger partial charge in [0.05, 0.1) is 11.3 Å². The van der Waals surface area contributed by atoms with E-state index < -0.39 is 0 Å². The van der Waals surface area contributed by atoms with Crippen LogP contribution in [0, 0.1) is 13.8 Å². The summed E-state index contributed by atoms with van der Waals surface area (Å²) in [7, 11) is 0.